The number of nitrogens with two attached hydrogens (primary N) is 1. The molecule has 0 aromatic carbocycles. The molecule has 1 unspecified atom stereocenters. The van der Waals surface area contributed by atoms with Crippen LogP contribution in [0.2, 0.25) is 0 Å². The van der Waals surface area contributed by atoms with Crippen molar-refractivity contribution in [1.82, 2.24) is 5.32 Å². The van der Waals surface area contributed by atoms with Gasteiger partial charge in [0.05, 0.1) is 6.10 Å². The summed E-state index contributed by atoms with van der Waals surface area (Å²) in [7, 11) is 0. The van der Waals surface area contributed by atoms with Gasteiger partial charge in [0.1, 0.15) is 5.60 Å². The molecule has 90 valence electrons. The Balaban J connectivity index is 3.78. The largest absolute Gasteiger partial charge is 0.444 e. The summed E-state index contributed by atoms with van der Waals surface area (Å²) in [5.41, 5.74) is -0.478. The molecule has 0 spiro atoms. The number of alkyl carbamates (subject to hydrolysis) is 1. The predicted octanol–water partition coefficient (Wildman–Crippen LogP) is 1.57. The number of hydrogen-bond acceptors (Lipinski definition) is 4. The maximum atomic E-state index is 11.3. The molecule has 0 bridgehead atoms. The molecule has 0 fully saturated rings. The molecule has 1 amide bonds. The third-order valence-corrected chi connectivity index (χ3v) is 1.68. The van der Waals surface area contributed by atoms with Gasteiger partial charge >= 0.3 is 6.09 Å². The van der Waals surface area contributed by atoms with Gasteiger partial charge in [-0.15, -0.1) is 0 Å². The molecule has 0 aliphatic carbocycles. The molecule has 5 nitrogen and oxygen atoms in total. The summed E-state index contributed by atoms with van der Waals surface area (Å²) < 4.78 is 5.06. The van der Waals surface area contributed by atoms with Crippen molar-refractivity contribution >= 4 is 6.09 Å². The van der Waals surface area contributed by atoms with Gasteiger partial charge in [-0.1, -0.05) is 13.3 Å². The van der Waals surface area contributed by atoms with Crippen LogP contribution in [0.15, 0.2) is 0 Å². The molecule has 3 N–H and O–H groups in total. The molecule has 0 aromatic heterocycles. The maximum Gasteiger partial charge on any atom is 0.407 e. The first kappa shape index (κ1) is 14.2. The van der Waals surface area contributed by atoms with E-state index in [0.29, 0.717) is 6.54 Å². The van der Waals surface area contributed by atoms with Crippen LogP contribution < -0.4 is 11.2 Å². The number of rotatable bonds is 5. The van der Waals surface area contributed by atoms with Crippen LogP contribution in [0.3, 0.4) is 0 Å². The summed E-state index contributed by atoms with van der Waals surface area (Å²) in [6.07, 6.45) is 1.17. The monoisotopic (exact) mass is 218 g/mol. The number of amides is 1. The first-order chi connectivity index (χ1) is 6.89. The second-order valence-corrected chi connectivity index (χ2v) is 4.43. The van der Waals surface area contributed by atoms with E-state index in [9.17, 15) is 4.79 Å². The Kier molecular flexibility index (Phi) is 6.27. The van der Waals surface area contributed by atoms with Crippen molar-refractivity contribution < 1.29 is 14.4 Å². The lowest BCUT2D eigenvalue weighted by molar-refractivity contribution is 0.0313. The van der Waals surface area contributed by atoms with E-state index in [1.54, 1.807) is 0 Å². The lowest BCUT2D eigenvalue weighted by atomic mass is 10.2. The van der Waals surface area contributed by atoms with E-state index in [1.807, 2.05) is 27.7 Å². The van der Waals surface area contributed by atoms with Crippen molar-refractivity contribution in [2.45, 2.75) is 52.2 Å². The molecule has 0 saturated carbocycles. The summed E-state index contributed by atoms with van der Waals surface area (Å²) in [6, 6.07) is 0. The zero-order chi connectivity index (χ0) is 11.9. The van der Waals surface area contributed by atoms with Gasteiger partial charge in [-0.3, -0.25) is 4.84 Å². The minimum atomic E-state index is -0.478. The minimum absolute atomic E-state index is 0.150. The van der Waals surface area contributed by atoms with Crippen LogP contribution in [0.4, 0.5) is 4.79 Å². The Morgan fingerprint density at radius 1 is 1.47 bits per heavy atom. The average Bonchev–Trinajstić information content (AvgIpc) is 2.09. The van der Waals surface area contributed by atoms with Gasteiger partial charge in [0, 0.05) is 6.54 Å². The topological polar surface area (TPSA) is 73.6 Å². The standard InChI is InChI=1S/C10H22N2O3/c1-5-6-8(15-11)7-12-9(13)14-10(2,3)4/h8H,5-7,11H2,1-4H3,(H,12,13). The van der Waals surface area contributed by atoms with Crippen molar-refractivity contribution in [3.63, 3.8) is 0 Å². The van der Waals surface area contributed by atoms with Crippen LogP contribution in [-0.4, -0.2) is 24.3 Å². The summed E-state index contributed by atoms with van der Waals surface area (Å²) in [5, 5.41) is 2.61. The van der Waals surface area contributed by atoms with Gasteiger partial charge in [-0.05, 0) is 27.2 Å². The highest BCUT2D eigenvalue weighted by Crippen LogP contribution is 2.06. The second kappa shape index (κ2) is 6.63. The third kappa shape index (κ3) is 8.20. The van der Waals surface area contributed by atoms with Crippen molar-refractivity contribution in [1.29, 1.82) is 0 Å². The Morgan fingerprint density at radius 2 is 2.07 bits per heavy atom. The molecular weight excluding hydrogens is 196 g/mol. The van der Waals surface area contributed by atoms with E-state index >= 15 is 0 Å². The summed E-state index contributed by atoms with van der Waals surface area (Å²) in [5.74, 6) is 5.08. The van der Waals surface area contributed by atoms with Crippen LogP contribution in [0, 0.1) is 0 Å². The molecule has 0 radical (unpaired) electrons. The molecule has 0 aromatic rings. The molecule has 5 heteroatoms. The zero-order valence-corrected chi connectivity index (χ0v) is 10.0. The van der Waals surface area contributed by atoms with E-state index < -0.39 is 11.7 Å². The van der Waals surface area contributed by atoms with Crippen molar-refractivity contribution in [3.05, 3.63) is 0 Å². The molecule has 1 atom stereocenters. The van der Waals surface area contributed by atoms with Gasteiger partial charge in [-0.2, -0.15) is 0 Å². The minimum Gasteiger partial charge on any atom is -0.444 e. The Bertz CT molecular complexity index is 190. The van der Waals surface area contributed by atoms with Gasteiger partial charge in [0.2, 0.25) is 0 Å². The van der Waals surface area contributed by atoms with Crippen LogP contribution in [0.25, 0.3) is 0 Å². The van der Waals surface area contributed by atoms with Crippen LogP contribution in [0.5, 0.6) is 0 Å². The molecule has 0 heterocycles. The predicted molar refractivity (Wildman–Crippen MR) is 58.2 cm³/mol. The fourth-order valence-corrected chi connectivity index (χ4v) is 1.05. The molecule has 15 heavy (non-hydrogen) atoms. The smallest absolute Gasteiger partial charge is 0.407 e. The highest BCUT2D eigenvalue weighted by Gasteiger charge is 2.17. The number of carbonyl (C=O) groups excluding carboxylic acids is 1. The molecule has 0 aliphatic rings. The number of nitrogens with one attached hydrogen (secondary N) is 1. The van der Waals surface area contributed by atoms with Gasteiger partial charge in [-0.25, -0.2) is 10.7 Å². The van der Waals surface area contributed by atoms with Crippen LogP contribution in [-0.2, 0) is 9.57 Å². The van der Waals surface area contributed by atoms with Gasteiger partial charge in [0.25, 0.3) is 0 Å². The average molecular weight is 218 g/mol. The van der Waals surface area contributed by atoms with Crippen LogP contribution in [0.1, 0.15) is 40.5 Å². The SMILES string of the molecule is CCCC(CNC(=O)OC(C)(C)C)ON. The quantitative estimate of drug-likeness (QED) is 0.687. The van der Waals surface area contributed by atoms with Crippen molar-refractivity contribution in [2.75, 3.05) is 6.54 Å². The van der Waals surface area contributed by atoms with Crippen LogP contribution >= 0.6 is 0 Å². The fourth-order valence-electron chi connectivity index (χ4n) is 1.05. The Labute approximate surface area is 91.3 Å². The van der Waals surface area contributed by atoms with E-state index in [2.05, 4.69) is 5.32 Å². The molecular formula is C10H22N2O3. The van der Waals surface area contributed by atoms with E-state index in [0.717, 1.165) is 12.8 Å². The first-order valence-electron chi connectivity index (χ1n) is 5.21. The first-order valence-corrected chi connectivity index (χ1v) is 5.21. The van der Waals surface area contributed by atoms with E-state index in [1.165, 1.54) is 0 Å². The zero-order valence-electron chi connectivity index (χ0n) is 10.0. The molecule has 0 aliphatic heterocycles. The number of ether oxygens (including phenoxy) is 1. The summed E-state index contributed by atoms with van der Waals surface area (Å²) in [4.78, 5) is 16.0. The molecule has 0 rings (SSSR count). The second-order valence-electron chi connectivity index (χ2n) is 4.43. The Hall–Kier alpha value is -0.810. The fraction of sp³-hybridized carbons (Fsp3) is 0.900. The lowest BCUT2D eigenvalue weighted by Gasteiger charge is -2.21. The third-order valence-electron chi connectivity index (χ3n) is 1.68. The number of carbonyl (C=O) groups is 1. The van der Waals surface area contributed by atoms with E-state index in [4.69, 9.17) is 15.5 Å². The van der Waals surface area contributed by atoms with Gasteiger partial charge in [0.15, 0.2) is 0 Å². The normalized spacial score (nSPS) is 13.4. The number of hydrogen-bond donors (Lipinski definition) is 2. The maximum absolute atomic E-state index is 11.3. The highest BCUT2D eigenvalue weighted by molar-refractivity contribution is 5.67. The van der Waals surface area contributed by atoms with Crippen molar-refractivity contribution in [3.8, 4) is 0 Å². The Morgan fingerprint density at radius 3 is 2.47 bits per heavy atom. The summed E-state index contributed by atoms with van der Waals surface area (Å²) >= 11 is 0. The van der Waals surface area contributed by atoms with Crippen molar-refractivity contribution in [2.24, 2.45) is 5.90 Å². The van der Waals surface area contributed by atoms with Gasteiger partial charge < -0.3 is 10.1 Å². The highest BCUT2D eigenvalue weighted by atomic mass is 16.6. The molecule has 0 saturated heterocycles. The van der Waals surface area contributed by atoms with E-state index in [-0.39, 0.29) is 6.10 Å². The summed E-state index contributed by atoms with van der Waals surface area (Å²) in [6.45, 7) is 7.85. The lowest BCUT2D eigenvalue weighted by Crippen LogP contribution is -2.38.